The minimum atomic E-state index is 0.693. The third kappa shape index (κ3) is 1.23. The van der Waals surface area contributed by atoms with Gasteiger partial charge in [-0.15, -0.1) is 6.58 Å². The predicted octanol–water partition coefficient (Wildman–Crippen LogP) is 1.88. The summed E-state index contributed by atoms with van der Waals surface area (Å²) >= 11 is 4.26. The zero-order chi connectivity index (χ0) is 5.28. The van der Waals surface area contributed by atoms with Crippen LogP contribution in [-0.4, -0.2) is 5.25 Å². The second kappa shape index (κ2) is 1.91. The molecule has 40 valence electrons. The lowest BCUT2D eigenvalue weighted by atomic mass is 10.3. The molecule has 0 spiro atoms. The minimum absolute atomic E-state index is 0.693. The Balaban J connectivity index is 2.08. The summed E-state index contributed by atoms with van der Waals surface area (Å²) in [4.78, 5) is 0. The van der Waals surface area contributed by atoms with Crippen molar-refractivity contribution in [3.8, 4) is 0 Å². The zero-order valence-corrected chi connectivity index (χ0v) is 5.20. The minimum Gasteiger partial charge on any atom is -0.176 e. The number of hydrogen-bond donors (Lipinski definition) is 1. The fourth-order valence-corrected chi connectivity index (χ4v) is 1.09. The van der Waals surface area contributed by atoms with Gasteiger partial charge in [0.25, 0.3) is 0 Å². The van der Waals surface area contributed by atoms with E-state index in [9.17, 15) is 0 Å². The highest BCUT2D eigenvalue weighted by Gasteiger charge is 2.31. The molecule has 0 aromatic carbocycles. The van der Waals surface area contributed by atoms with Gasteiger partial charge in [0, 0.05) is 5.25 Å². The molecule has 0 aliphatic heterocycles. The van der Waals surface area contributed by atoms with Gasteiger partial charge in [0.05, 0.1) is 0 Å². The zero-order valence-electron chi connectivity index (χ0n) is 4.30. The molecule has 0 saturated heterocycles. The van der Waals surface area contributed by atoms with Crippen LogP contribution in [0.4, 0.5) is 0 Å². The van der Waals surface area contributed by atoms with Crippen molar-refractivity contribution in [3.05, 3.63) is 12.7 Å². The highest BCUT2D eigenvalue weighted by Crippen LogP contribution is 2.38. The van der Waals surface area contributed by atoms with E-state index in [4.69, 9.17) is 0 Å². The highest BCUT2D eigenvalue weighted by molar-refractivity contribution is 7.81. The van der Waals surface area contributed by atoms with Gasteiger partial charge in [0.15, 0.2) is 0 Å². The van der Waals surface area contributed by atoms with Crippen molar-refractivity contribution >= 4 is 12.6 Å². The maximum atomic E-state index is 4.26. The lowest BCUT2D eigenvalue weighted by Crippen LogP contribution is -1.72. The molecule has 0 aromatic heterocycles. The van der Waals surface area contributed by atoms with Gasteiger partial charge >= 0.3 is 0 Å². The SMILES string of the molecule is C=CCC1CC1S. The van der Waals surface area contributed by atoms with Gasteiger partial charge < -0.3 is 0 Å². The maximum absolute atomic E-state index is 4.26. The standard InChI is InChI=1S/C6H10S/c1-2-3-5-4-6(5)7/h2,5-7H,1,3-4H2. The van der Waals surface area contributed by atoms with Crippen molar-refractivity contribution in [3.63, 3.8) is 0 Å². The molecular weight excluding hydrogens is 104 g/mol. The second-order valence-corrected chi connectivity index (χ2v) is 2.75. The fourth-order valence-electron chi connectivity index (χ4n) is 0.699. The molecule has 0 aromatic rings. The molecule has 0 nitrogen and oxygen atoms in total. The van der Waals surface area contributed by atoms with E-state index in [0.29, 0.717) is 5.25 Å². The largest absolute Gasteiger partial charge is 0.176 e. The van der Waals surface area contributed by atoms with Gasteiger partial charge in [0.1, 0.15) is 0 Å². The first-order valence-corrected chi connectivity index (χ1v) is 3.15. The van der Waals surface area contributed by atoms with E-state index in [2.05, 4.69) is 19.2 Å². The van der Waals surface area contributed by atoms with E-state index in [-0.39, 0.29) is 0 Å². The van der Waals surface area contributed by atoms with E-state index in [1.54, 1.807) is 0 Å². The molecule has 1 heteroatoms. The molecule has 0 radical (unpaired) electrons. The highest BCUT2D eigenvalue weighted by atomic mass is 32.1. The Hall–Kier alpha value is 0.0900. The molecule has 0 N–H and O–H groups in total. The number of allylic oxidation sites excluding steroid dienone is 1. The summed E-state index contributed by atoms with van der Waals surface area (Å²) in [5.41, 5.74) is 0. The van der Waals surface area contributed by atoms with Gasteiger partial charge in [0.2, 0.25) is 0 Å². The molecular formula is C6H10S. The summed E-state index contributed by atoms with van der Waals surface area (Å²) in [6.45, 7) is 3.64. The Morgan fingerprint density at radius 3 is 2.57 bits per heavy atom. The van der Waals surface area contributed by atoms with Crippen molar-refractivity contribution in [2.24, 2.45) is 5.92 Å². The van der Waals surface area contributed by atoms with E-state index < -0.39 is 0 Å². The number of thiol groups is 1. The maximum Gasteiger partial charge on any atom is 0.00515 e. The van der Waals surface area contributed by atoms with E-state index in [1.165, 1.54) is 6.42 Å². The Bertz CT molecular complexity index is 78.2. The van der Waals surface area contributed by atoms with Gasteiger partial charge in [-0.1, -0.05) is 6.08 Å². The quantitative estimate of drug-likeness (QED) is 0.411. The van der Waals surface area contributed by atoms with Crippen LogP contribution in [0.1, 0.15) is 12.8 Å². The monoisotopic (exact) mass is 114 g/mol. The van der Waals surface area contributed by atoms with Crippen molar-refractivity contribution in [2.45, 2.75) is 18.1 Å². The number of hydrogen-bond acceptors (Lipinski definition) is 1. The first-order chi connectivity index (χ1) is 3.34. The van der Waals surface area contributed by atoms with E-state index in [1.807, 2.05) is 6.08 Å². The molecule has 1 aliphatic carbocycles. The van der Waals surface area contributed by atoms with Crippen LogP contribution < -0.4 is 0 Å². The molecule has 0 amide bonds. The topological polar surface area (TPSA) is 0 Å². The van der Waals surface area contributed by atoms with Gasteiger partial charge in [-0.05, 0) is 18.8 Å². The summed E-state index contributed by atoms with van der Waals surface area (Å²) in [6.07, 6.45) is 4.43. The molecule has 7 heavy (non-hydrogen) atoms. The Kier molecular flexibility index (Phi) is 1.43. The van der Waals surface area contributed by atoms with Crippen molar-refractivity contribution in [1.82, 2.24) is 0 Å². The molecule has 2 unspecified atom stereocenters. The third-order valence-corrected chi connectivity index (χ3v) is 1.99. The van der Waals surface area contributed by atoms with Crippen LogP contribution in [-0.2, 0) is 0 Å². The summed E-state index contributed by atoms with van der Waals surface area (Å²) in [5.74, 6) is 0.862. The van der Waals surface area contributed by atoms with Crippen LogP contribution in [0.15, 0.2) is 12.7 Å². The van der Waals surface area contributed by atoms with Gasteiger partial charge in [-0.25, -0.2) is 0 Å². The Morgan fingerprint density at radius 2 is 2.43 bits per heavy atom. The lowest BCUT2D eigenvalue weighted by Gasteiger charge is -1.81. The van der Waals surface area contributed by atoms with Gasteiger partial charge in [-0.2, -0.15) is 12.6 Å². The lowest BCUT2D eigenvalue weighted by molar-refractivity contribution is 0.870. The summed E-state index contributed by atoms with van der Waals surface area (Å²) in [5, 5.41) is 0.693. The summed E-state index contributed by atoms with van der Waals surface area (Å²) in [6, 6.07) is 0. The molecule has 0 bridgehead atoms. The summed E-state index contributed by atoms with van der Waals surface area (Å²) < 4.78 is 0. The smallest absolute Gasteiger partial charge is 0.00515 e. The van der Waals surface area contributed by atoms with Crippen LogP contribution in [0.25, 0.3) is 0 Å². The van der Waals surface area contributed by atoms with E-state index in [0.717, 1.165) is 12.3 Å². The van der Waals surface area contributed by atoms with Crippen molar-refractivity contribution in [2.75, 3.05) is 0 Å². The molecule has 0 heterocycles. The molecule has 1 fully saturated rings. The Morgan fingerprint density at radius 1 is 1.86 bits per heavy atom. The van der Waals surface area contributed by atoms with Crippen molar-refractivity contribution in [1.29, 1.82) is 0 Å². The van der Waals surface area contributed by atoms with Crippen LogP contribution in [0.5, 0.6) is 0 Å². The molecule has 1 rings (SSSR count). The van der Waals surface area contributed by atoms with Crippen LogP contribution >= 0.6 is 12.6 Å². The van der Waals surface area contributed by atoms with E-state index >= 15 is 0 Å². The first-order valence-electron chi connectivity index (χ1n) is 2.63. The average Bonchev–Trinajstić information content (AvgIpc) is 2.22. The van der Waals surface area contributed by atoms with Crippen LogP contribution in [0.3, 0.4) is 0 Å². The first kappa shape index (κ1) is 5.23. The molecule has 1 saturated carbocycles. The fraction of sp³-hybridized carbons (Fsp3) is 0.667. The van der Waals surface area contributed by atoms with Crippen LogP contribution in [0.2, 0.25) is 0 Å². The predicted molar refractivity (Wildman–Crippen MR) is 35.7 cm³/mol. The molecule has 2 atom stereocenters. The third-order valence-electron chi connectivity index (χ3n) is 1.35. The van der Waals surface area contributed by atoms with Crippen molar-refractivity contribution < 1.29 is 0 Å². The number of rotatable bonds is 2. The Labute approximate surface area is 50.0 Å². The molecule has 1 aliphatic rings. The normalized spacial score (nSPS) is 37.9. The average molecular weight is 114 g/mol. The van der Waals surface area contributed by atoms with Crippen LogP contribution in [0, 0.1) is 5.92 Å². The second-order valence-electron chi connectivity index (χ2n) is 2.09. The van der Waals surface area contributed by atoms with Gasteiger partial charge in [-0.3, -0.25) is 0 Å². The summed E-state index contributed by atoms with van der Waals surface area (Å²) in [7, 11) is 0.